The van der Waals surface area contributed by atoms with E-state index in [-0.39, 0.29) is 41.4 Å². The Hall–Kier alpha value is -3.72. The molecule has 0 radical (unpaired) electrons. The van der Waals surface area contributed by atoms with Crippen LogP contribution in [0.25, 0.3) is 5.69 Å². The van der Waals surface area contributed by atoms with Gasteiger partial charge in [0.15, 0.2) is 0 Å². The Balaban J connectivity index is 1.70. The fourth-order valence-corrected chi connectivity index (χ4v) is 4.02. The van der Waals surface area contributed by atoms with Gasteiger partial charge in [-0.25, -0.2) is 8.78 Å². The highest BCUT2D eigenvalue weighted by Gasteiger charge is 2.31. The van der Waals surface area contributed by atoms with Gasteiger partial charge in [0, 0.05) is 37.2 Å². The van der Waals surface area contributed by atoms with Crippen LogP contribution in [0.4, 0.5) is 20.2 Å². The second kappa shape index (κ2) is 8.90. The van der Waals surface area contributed by atoms with Crippen molar-refractivity contribution in [3.05, 3.63) is 80.7 Å². The van der Waals surface area contributed by atoms with Crippen LogP contribution in [0.15, 0.2) is 47.3 Å². The molecule has 34 heavy (non-hydrogen) atoms. The largest absolute Gasteiger partial charge is 0.487 e. The Labute approximate surface area is 198 Å². The van der Waals surface area contributed by atoms with Crippen LogP contribution in [0.1, 0.15) is 25.1 Å². The first-order valence-electron chi connectivity index (χ1n) is 10.3. The highest BCUT2D eigenvalue weighted by molar-refractivity contribution is 6.31. The van der Waals surface area contributed by atoms with Gasteiger partial charge in [-0.1, -0.05) is 11.6 Å². The third-order valence-corrected chi connectivity index (χ3v) is 5.89. The van der Waals surface area contributed by atoms with Crippen molar-refractivity contribution in [2.75, 3.05) is 16.5 Å². The molecule has 0 N–H and O–H groups in total. The lowest BCUT2D eigenvalue weighted by molar-refractivity contribution is -0.117. The SMILES string of the molecule is CC(=O)N1CN(C(C)=O)c2cc(-n3c(C)cc(OCc4ccc(F)cc4F)c(Cl)c3=O)ccc21. The van der Waals surface area contributed by atoms with Gasteiger partial charge in [-0.3, -0.25) is 28.8 Å². The monoisotopic (exact) mass is 487 g/mol. The number of carbonyl (C=O) groups excluding carboxylic acids is 2. The zero-order valence-electron chi connectivity index (χ0n) is 18.6. The predicted octanol–water partition coefficient (Wildman–Crippen LogP) is 4.33. The number of pyridine rings is 1. The molecule has 1 aromatic heterocycles. The number of aryl methyl sites for hydroxylation is 1. The number of halogens is 3. The van der Waals surface area contributed by atoms with Crippen LogP contribution >= 0.6 is 11.6 Å². The Morgan fingerprint density at radius 2 is 1.68 bits per heavy atom. The standard InChI is InChI=1S/C24H20ClF2N3O4/c1-13-8-22(34-11-16-4-5-17(26)9-19(16)27)23(25)24(33)30(13)18-6-7-20-21(10-18)29(15(3)32)12-28(20)14(2)31/h4-10H,11-12H2,1-3H3. The van der Waals surface area contributed by atoms with Gasteiger partial charge in [0.05, 0.1) is 17.1 Å². The van der Waals surface area contributed by atoms with E-state index >= 15 is 0 Å². The number of aromatic nitrogens is 1. The van der Waals surface area contributed by atoms with Crippen molar-refractivity contribution < 1.29 is 23.1 Å². The van der Waals surface area contributed by atoms with E-state index in [9.17, 15) is 23.2 Å². The molecule has 0 saturated carbocycles. The molecule has 0 unspecified atom stereocenters. The van der Waals surface area contributed by atoms with E-state index in [1.54, 1.807) is 25.1 Å². The summed E-state index contributed by atoms with van der Waals surface area (Å²) in [6, 6.07) is 9.59. The van der Waals surface area contributed by atoms with Crippen LogP contribution < -0.4 is 20.1 Å². The zero-order chi connectivity index (χ0) is 24.7. The number of benzene rings is 2. The summed E-state index contributed by atoms with van der Waals surface area (Å²) in [4.78, 5) is 40.1. The van der Waals surface area contributed by atoms with Gasteiger partial charge in [0.25, 0.3) is 5.56 Å². The van der Waals surface area contributed by atoms with Crippen molar-refractivity contribution in [3.8, 4) is 11.4 Å². The van der Waals surface area contributed by atoms with Crippen molar-refractivity contribution in [1.82, 2.24) is 4.57 Å². The molecule has 2 amide bonds. The molecule has 0 saturated heterocycles. The van der Waals surface area contributed by atoms with Crippen LogP contribution in [0.5, 0.6) is 5.75 Å². The van der Waals surface area contributed by atoms with Gasteiger partial charge in [-0.2, -0.15) is 0 Å². The molecule has 10 heteroatoms. The summed E-state index contributed by atoms with van der Waals surface area (Å²) >= 11 is 6.28. The minimum atomic E-state index is -0.769. The summed E-state index contributed by atoms with van der Waals surface area (Å²) in [7, 11) is 0. The lowest BCUT2D eigenvalue weighted by Gasteiger charge is -2.17. The van der Waals surface area contributed by atoms with E-state index in [0.29, 0.717) is 22.8 Å². The van der Waals surface area contributed by atoms with E-state index in [2.05, 4.69) is 0 Å². The number of nitrogens with zero attached hydrogens (tertiary/aromatic N) is 3. The van der Waals surface area contributed by atoms with Gasteiger partial charge in [0.1, 0.15) is 35.7 Å². The molecular weight excluding hydrogens is 468 g/mol. The van der Waals surface area contributed by atoms with Crippen molar-refractivity contribution >= 4 is 34.8 Å². The molecule has 2 aromatic carbocycles. The van der Waals surface area contributed by atoms with E-state index in [1.165, 1.54) is 40.3 Å². The maximum Gasteiger partial charge on any atom is 0.277 e. The summed E-state index contributed by atoms with van der Waals surface area (Å²) in [5, 5.41) is -0.220. The van der Waals surface area contributed by atoms with Crippen molar-refractivity contribution in [2.24, 2.45) is 0 Å². The molecule has 0 fully saturated rings. The van der Waals surface area contributed by atoms with Crippen molar-refractivity contribution in [2.45, 2.75) is 27.4 Å². The van der Waals surface area contributed by atoms with Gasteiger partial charge in [-0.05, 0) is 37.3 Å². The van der Waals surface area contributed by atoms with Gasteiger partial charge in [0.2, 0.25) is 11.8 Å². The van der Waals surface area contributed by atoms with Crippen LogP contribution in [0.3, 0.4) is 0 Å². The predicted molar refractivity (Wildman–Crippen MR) is 124 cm³/mol. The Morgan fingerprint density at radius 3 is 2.32 bits per heavy atom. The molecular formula is C24H20ClF2N3O4. The van der Waals surface area contributed by atoms with E-state index in [4.69, 9.17) is 16.3 Å². The molecule has 4 rings (SSSR count). The van der Waals surface area contributed by atoms with Gasteiger partial charge in [-0.15, -0.1) is 0 Å². The summed E-state index contributed by atoms with van der Waals surface area (Å²) in [6.45, 7) is 4.31. The van der Waals surface area contributed by atoms with Crippen LogP contribution in [0, 0.1) is 18.6 Å². The molecule has 2 heterocycles. The molecule has 3 aromatic rings. The van der Waals surface area contributed by atoms with Gasteiger partial charge < -0.3 is 4.74 Å². The minimum Gasteiger partial charge on any atom is -0.487 e. The molecule has 176 valence electrons. The van der Waals surface area contributed by atoms with Crippen LogP contribution in [0.2, 0.25) is 5.02 Å². The van der Waals surface area contributed by atoms with E-state index in [0.717, 1.165) is 12.1 Å². The number of hydrogen-bond acceptors (Lipinski definition) is 4. The normalized spacial score (nSPS) is 12.6. The fraction of sp³-hybridized carbons (Fsp3) is 0.208. The number of hydrogen-bond donors (Lipinski definition) is 0. The summed E-state index contributed by atoms with van der Waals surface area (Å²) < 4.78 is 33.9. The lowest BCUT2D eigenvalue weighted by Crippen LogP contribution is -2.36. The average molecular weight is 488 g/mol. The first-order valence-corrected chi connectivity index (χ1v) is 10.7. The second-order valence-electron chi connectivity index (χ2n) is 7.84. The first kappa shape index (κ1) is 23.4. The molecule has 1 aliphatic rings. The highest BCUT2D eigenvalue weighted by atomic mass is 35.5. The maximum atomic E-state index is 13.9. The third-order valence-electron chi connectivity index (χ3n) is 5.54. The molecule has 0 atom stereocenters. The lowest BCUT2D eigenvalue weighted by atomic mass is 10.2. The van der Waals surface area contributed by atoms with Crippen molar-refractivity contribution in [1.29, 1.82) is 0 Å². The van der Waals surface area contributed by atoms with Crippen molar-refractivity contribution in [3.63, 3.8) is 0 Å². The fourth-order valence-electron chi connectivity index (χ4n) is 3.83. The first-order chi connectivity index (χ1) is 16.1. The quantitative estimate of drug-likeness (QED) is 0.549. The summed E-state index contributed by atoms with van der Waals surface area (Å²) in [6.07, 6.45) is 0. The molecule has 0 aliphatic carbocycles. The minimum absolute atomic E-state index is 0.0541. The number of fused-ring (bicyclic) bond motifs is 1. The number of ether oxygens (including phenoxy) is 1. The number of carbonyl (C=O) groups is 2. The molecule has 7 nitrogen and oxygen atoms in total. The number of amides is 2. The Morgan fingerprint density at radius 1 is 1.00 bits per heavy atom. The topological polar surface area (TPSA) is 71.8 Å². The van der Waals surface area contributed by atoms with Gasteiger partial charge >= 0.3 is 0 Å². The smallest absolute Gasteiger partial charge is 0.277 e. The maximum absolute atomic E-state index is 13.9. The third kappa shape index (κ3) is 4.14. The Bertz CT molecular complexity index is 1390. The second-order valence-corrected chi connectivity index (χ2v) is 8.22. The molecule has 1 aliphatic heterocycles. The van der Waals surface area contributed by atoms with E-state index in [1.807, 2.05) is 0 Å². The van der Waals surface area contributed by atoms with Crippen LogP contribution in [-0.2, 0) is 16.2 Å². The number of rotatable bonds is 4. The highest BCUT2D eigenvalue weighted by Crippen LogP contribution is 2.38. The number of anilines is 2. The summed E-state index contributed by atoms with van der Waals surface area (Å²) in [5.41, 5.74) is 1.50. The molecule has 0 spiro atoms. The van der Waals surface area contributed by atoms with Crippen LogP contribution in [-0.4, -0.2) is 23.1 Å². The molecule has 0 bridgehead atoms. The summed E-state index contributed by atoms with van der Waals surface area (Å²) in [5.74, 6) is -1.89. The average Bonchev–Trinajstić information content (AvgIpc) is 3.16. The Kier molecular flexibility index (Phi) is 6.14. The van der Waals surface area contributed by atoms with E-state index < -0.39 is 17.2 Å². The zero-order valence-corrected chi connectivity index (χ0v) is 19.3.